The van der Waals surface area contributed by atoms with E-state index in [1.54, 1.807) is 11.9 Å². The summed E-state index contributed by atoms with van der Waals surface area (Å²) in [5, 5.41) is 6.08. The maximum absolute atomic E-state index is 13.2. The van der Waals surface area contributed by atoms with Crippen LogP contribution in [0.1, 0.15) is 33.1 Å². The molecule has 0 radical (unpaired) electrons. The predicted octanol–water partition coefficient (Wildman–Crippen LogP) is 2.21. The molecule has 1 aromatic carbocycles. The van der Waals surface area contributed by atoms with Gasteiger partial charge in [-0.1, -0.05) is 18.2 Å². The highest BCUT2D eigenvalue weighted by Gasteiger charge is 2.39. The van der Waals surface area contributed by atoms with Gasteiger partial charge in [-0.3, -0.25) is 9.80 Å². The highest BCUT2D eigenvalue weighted by molar-refractivity contribution is 6.38. The van der Waals surface area contributed by atoms with E-state index in [1.165, 1.54) is 0 Å². The van der Waals surface area contributed by atoms with Crippen LogP contribution in [0, 0.1) is 0 Å². The SMILES string of the molecule is CCOC(=O)C1=NN(c2ccccc2)C(C(=O)N2CCC(OCC)CC2)C1. The van der Waals surface area contributed by atoms with Gasteiger partial charge in [0.25, 0.3) is 0 Å². The van der Waals surface area contributed by atoms with Crippen molar-refractivity contribution in [1.29, 1.82) is 0 Å². The lowest BCUT2D eigenvalue weighted by molar-refractivity contribution is -0.135. The molecule has 1 amide bonds. The zero-order valence-corrected chi connectivity index (χ0v) is 16.0. The molecule has 0 aliphatic carbocycles. The van der Waals surface area contributed by atoms with Crippen molar-refractivity contribution in [2.24, 2.45) is 5.10 Å². The van der Waals surface area contributed by atoms with Gasteiger partial charge in [0.2, 0.25) is 5.91 Å². The average Bonchev–Trinajstić information content (AvgIpc) is 3.15. The number of esters is 1. The lowest BCUT2D eigenvalue weighted by Gasteiger charge is -2.35. The summed E-state index contributed by atoms with van der Waals surface area (Å²) in [6.45, 7) is 6.05. The molecular weight excluding hydrogens is 346 g/mol. The second-order valence-electron chi connectivity index (χ2n) is 6.65. The minimum atomic E-state index is -0.518. The zero-order chi connectivity index (χ0) is 19.2. The number of carbonyl (C=O) groups is 2. The van der Waals surface area contributed by atoms with E-state index in [9.17, 15) is 9.59 Å². The molecule has 2 aliphatic rings. The molecule has 7 nitrogen and oxygen atoms in total. The third-order valence-corrected chi connectivity index (χ3v) is 4.88. The fourth-order valence-electron chi connectivity index (χ4n) is 3.55. The van der Waals surface area contributed by atoms with E-state index in [1.807, 2.05) is 42.2 Å². The van der Waals surface area contributed by atoms with E-state index in [2.05, 4.69) is 5.10 Å². The van der Waals surface area contributed by atoms with Gasteiger partial charge in [-0.2, -0.15) is 5.10 Å². The topological polar surface area (TPSA) is 71.4 Å². The van der Waals surface area contributed by atoms with Gasteiger partial charge in [-0.25, -0.2) is 4.79 Å². The van der Waals surface area contributed by atoms with E-state index >= 15 is 0 Å². The Morgan fingerprint density at radius 3 is 2.44 bits per heavy atom. The van der Waals surface area contributed by atoms with Crippen molar-refractivity contribution in [3.63, 3.8) is 0 Å². The van der Waals surface area contributed by atoms with Crippen LogP contribution < -0.4 is 5.01 Å². The van der Waals surface area contributed by atoms with Crippen molar-refractivity contribution in [2.45, 2.75) is 45.3 Å². The molecule has 2 aliphatic heterocycles. The molecule has 3 rings (SSSR count). The summed E-state index contributed by atoms with van der Waals surface area (Å²) in [6, 6.07) is 8.95. The first-order valence-electron chi connectivity index (χ1n) is 9.63. The molecule has 2 heterocycles. The smallest absolute Gasteiger partial charge is 0.354 e. The highest BCUT2D eigenvalue weighted by Crippen LogP contribution is 2.27. The number of likely N-dealkylation sites (tertiary alicyclic amines) is 1. The van der Waals surface area contributed by atoms with E-state index in [0.717, 1.165) is 18.5 Å². The third-order valence-electron chi connectivity index (χ3n) is 4.88. The molecule has 1 saturated heterocycles. The highest BCUT2D eigenvalue weighted by atomic mass is 16.5. The summed E-state index contributed by atoms with van der Waals surface area (Å²) >= 11 is 0. The van der Waals surface area contributed by atoms with Crippen molar-refractivity contribution in [3.8, 4) is 0 Å². The standard InChI is InChI=1S/C20H27N3O4/c1-3-26-16-10-12-22(13-11-16)19(24)18-14-17(20(25)27-4-2)21-23(18)15-8-6-5-7-9-15/h5-9,16,18H,3-4,10-14H2,1-2H3. The minimum Gasteiger partial charge on any atom is -0.461 e. The Morgan fingerprint density at radius 2 is 1.81 bits per heavy atom. The van der Waals surface area contributed by atoms with Gasteiger partial charge < -0.3 is 14.4 Å². The second-order valence-corrected chi connectivity index (χ2v) is 6.65. The van der Waals surface area contributed by atoms with Crippen LogP contribution in [0.25, 0.3) is 0 Å². The molecule has 7 heteroatoms. The van der Waals surface area contributed by atoms with E-state index in [0.29, 0.717) is 25.4 Å². The van der Waals surface area contributed by atoms with Crippen molar-refractivity contribution in [1.82, 2.24) is 4.90 Å². The van der Waals surface area contributed by atoms with E-state index in [-0.39, 0.29) is 25.0 Å². The van der Waals surface area contributed by atoms with Gasteiger partial charge >= 0.3 is 5.97 Å². The number of hydrogen-bond donors (Lipinski definition) is 0. The molecule has 0 N–H and O–H groups in total. The summed E-state index contributed by atoms with van der Waals surface area (Å²) in [4.78, 5) is 27.2. The number of anilines is 1. The van der Waals surface area contributed by atoms with E-state index in [4.69, 9.17) is 9.47 Å². The molecule has 0 spiro atoms. The molecular formula is C20H27N3O4. The van der Waals surface area contributed by atoms with Gasteiger partial charge in [0.1, 0.15) is 11.8 Å². The fourth-order valence-corrected chi connectivity index (χ4v) is 3.55. The van der Waals surface area contributed by atoms with Crippen LogP contribution in [0.2, 0.25) is 0 Å². The Balaban J connectivity index is 1.74. The van der Waals surface area contributed by atoms with Crippen LogP contribution >= 0.6 is 0 Å². The average molecular weight is 373 g/mol. The van der Waals surface area contributed by atoms with Crippen molar-refractivity contribution in [3.05, 3.63) is 30.3 Å². The first-order valence-corrected chi connectivity index (χ1v) is 9.63. The summed E-state index contributed by atoms with van der Waals surface area (Å²) in [6.07, 6.45) is 2.16. The number of benzene rings is 1. The first kappa shape index (κ1) is 19.4. The molecule has 0 saturated carbocycles. The largest absolute Gasteiger partial charge is 0.461 e. The number of amides is 1. The lowest BCUT2D eigenvalue weighted by atomic mass is 10.0. The van der Waals surface area contributed by atoms with Crippen LogP contribution in [0.4, 0.5) is 5.69 Å². The molecule has 1 unspecified atom stereocenters. The summed E-state index contributed by atoms with van der Waals surface area (Å²) < 4.78 is 10.8. The zero-order valence-electron chi connectivity index (χ0n) is 16.0. The fraction of sp³-hybridized carbons (Fsp3) is 0.550. The van der Waals surface area contributed by atoms with Gasteiger partial charge in [0.05, 0.1) is 18.4 Å². The van der Waals surface area contributed by atoms with Crippen LogP contribution in [-0.2, 0) is 19.1 Å². The Bertz CT molecular complexity index is 684. The number of para-hydroxylation sites is 1. The Kier molecular flexibility index (Phi) is 6.45. The Hall–Kier alpha value is -2.41. The Morgan fingerprint density at radius 1 is 1.11 bits per heavy atom. The maximum atomic E-state index is 13.2. The molecule has 146 valence electrons. The summed E-state index contributed by atoms with van der Waals surface area (Å²) in [7, 11) is 0. The van der Waals surface area contributed by atoms with Gasteiger partial charge in [0, 0.05) is 26.1 Å². The molecule has 1 fully saturated rings. The number of carbonyl (C=O) groups excluding carboxylic acids is 2. The summed E-state index contributed by atoms with van der Waals surface area (Å²) in [5.41, 5.74) is 1.09. The number of hydrogen-bond acceptors (Lipinski definition) is 6. The normalized spacial score (nSPS) is 20.5. The quantitative estimate of drug-likeness (QED) is 0.715. The monoisotopic (exact) mass is 373 g/mol. The van der Waals surface area contributed by atoms with E-state index < -0.39 is 12.0 Å². The number of nitrogens with zero attached hydrogens (tertiary/aromatic N) is 3. The number of ether oxygens (including phenoxy) is 2. The van der Waals surface area contributed by atoms with Crippen LogP contribution in [0.15, 0.2) is 35.4 Å². The number of rotatable bonds is 6. The van der Waals surface area contributed by atoms with Crippen molar-refractivity contribution >= 4 is 23.3 Å². The summed E-state index contributed by atoms with van der Waals surface area (Å²) in [5.74, 6) is -0.458. The van der Waals surface area contributed by atoms with Crippen molar-refractivity contribution in [2.75, 3.05) is 31.3 Å². The van der Waals surface area contributed by atoms with Crippen LogP contribution in [0.5, 0.6) is 0 Å². The molecule has 1 aromatic rings. The second kappa shape index (κ2) is 8.99. The van der Waals surface area contributed by atoms with Gasteiger partial charge in [-0.05, 0) is 38.8 Å². The van der Waals surface area contributed by atoms with Gasteiger partial charge in [0.15, 0.2) is 0 Å². The molecule has 1 atom stereocenters. The maximum Gasteiger partial charge on any atom is 0.354 e. The molecule has 0 bridgehead atoms. The van der Waals surface area contributed by atoms with Gasteiger partial charge in [-0.15, -0.1) is 0 Å². The molecule has 0 aromatic heterocycles. The molecule has 27 heavy (non-hydrogen) atoms. The van der Waals surface area contributed by atoms with Crippen LogP contribution in [0.3, 0.4) is 0 Å². The van der Waals surface area contributed by atoms with Crippen LogP contribution in [-0.4, -0.2) is 60.9 Å². The lowest BCUT2D eigenvalue weighted by Crippen LogP contribution is -2.49. The first-order chi connectivity index (χ1) is 13.1. The predicted molar refractivity (Wildman–Crippen MR) is 103 cm³/mol. The number of hydrazone groups is 1. The third kappa shape index (κ3) is 4.47. The number of piperidine rings is 1. The Labute approximate surface area is 159 Å². The van der Waals surface area contributed by atoms with Crippen molar-refractivity contribution < 1.29 is 19.1 Å². The minimum absolute atomic E-state index is 0.00292.